The van der Waals surface area contributed by atoms with Crippen molar-refractivity contribution in [3.05, 3.63) is 65.6 Å². The van der Waals surface area contributed by atoms with Crippen LogP contribution in [0.2, 0.25) is 0 Å². The highest BCUT2D eigenvalue weighted by Gasteiger charge is 2.08. The number of nitrogens with one attached hydrogen (secondary N) is 2. The first-order chi connectivity index (χ1) is 15.1. The lowest BCUT2D eigenvalue weighted by Crippen LogP contribution is -2.38. The van der Waals surface area contributed by atoms with Crippen LogP contribution in [0, 0.1) is 0 Å². The molecule has 0 saturated carbocycles. The van der Waals surface area contributed by atoms with Gasteiger partial charge in [0.15, 0.2) is 11.6 Å². The van der Waals surface area contributed by atoms with Crippen molar-refractivity contribution in [1.29, 1.82) is 0 Å². The molecule has 8 nitrogen and oxygen atoms in total. The van der Waals surface area contributed by atoms with E-state index in [1.54, 1.807) is 19.0 Å². The van der Waals surface area contributed by atoms with Crippen molar-refractivity contribution in [2.45, 2.75) is 26.2 Å². The molecule has 0 bridgehead atoms. The fourth-order valence-electron chi connectivity index (χ4n) is 3.27. The molecule has 0 radical (unpaired) electrons. The number of pyridine rings is 1. The van der Waals surface area contributed by atoms with Gasteiger partial charge >= 0.3 is 0 Å². The van der Waals surface area contributed by atoms with Gasteiger partial charge < -0.3 is 15.5 Å². The topological polar surface area (TPSA) is 86.9 Å². The van der Waals surface area contributed by atoms with Gasteiger partial charge in [-0.2, -0.15) is 0 Å². The van der Waals surface area contributed by atoms with Crippen molar-refractivity contribution in [1.82, 2.24) is 30.1 Å². The van der Waals surface area contributed by atoms with Crippen LogP contribution in [0.5, 0.6) is 0 Å². The van der Waals surface area contributed by atoms with E-state index in [-0.39, 0.29) is 29.9 Å². The number of aliphatic imine (C=N–C) groups is 1. The number of carbonyl (C=O) groups is 1. The molecular formula is C23H32IN7O. The lowest BCUT2D eigenvalue weighted by molar-refractivity contribution is 0.0827. The van der Waals surface area contributed by atoms with Gasteiger partial charge in [0.2, 0.25) is 0 Å². The molecule has 2 heterocycles. The highest BCUT2D eigenvalue weighted by Crippen LogP contribution is 2.08. The van der Waals surface area contributed by atoms with Crippen molar-refractivity contribution in [2.75, 3.05) is 33.7 Å². The van der Waals surface area contributed by atoms with E-state index in [0.717, 1.165) is 55.3 Å². The van der Waals surface area contributed by atoms with Gasteiger partial charge in [-0.05, 0) is 49.6 Å². The molecule has 1 amide bonds. The van der Waals surface area contributed by atoms with E-state index < -0.39 is 0 Å². The van der Waals surface area contributed by atoms with Crippen LogP contribution < -0.4 is 10.6 Å². The molecule has 0 spiro atoms. The van der Waals surface area contributed by atoms with Gasteiger partial charge in [-0.3, -0.25) is 14.2 Å². The van der Waals surface area contributed by atoms with E-state index in [2.05, 4.69) is 32.7 Å². The number of fused-ring (bicyclic) bond motifs is 1. The Kier molecular flexibility index (Phi) is 10.4. The molecule has 3 rings (SSSR count). The summed E-state index contributed by atoms with van der Waals surface area (Å²) in [5, 5.41) is 15.1. The number of aryl methyl sites for hydroxylation is 1. The van der Waals surface area contributed by atoms with Gasteiger partial charge in [-0.1, -0.05) is 18.2 Å². The third kappa shape index (κ3) is 7.18. The molecule has 2 N–H and O–H groups in total. The number of guanidine groups is 1. The van der Waals surface area contributed by atoms with Crippen molar-refractivity contribution in [3.8, 4) is 0 Å². The fraction of sp³-hybridized carbons (Fsp3) is 0.391. The van der Waals surface area contributed by atoms with Crippen molar-refractivity contribution in [3.63, 3.8) is 0 Å². The number of hydrogen-bond acceptors (Lipinski definition) is 4. The summed E-state index contributed by atoms with van der Waals surface area (Å²) in [6, 6.07) is 13.7. The lowest BCUT2D eigenvalue weighted by Gasteiger charge is -2.13. The molecule has 0 unspecified atom stereocenters. The molecular weight excluding hydrogens is 517 g/mol. The molecule has 0 fully saturated rings. The van der Waals surface area contributed by atoms with Gasteiger partial charge in [0, 0.05) is 51.9 Å². The summed E-state index contributed by atoms with van der Waals surface area (Å²) in [7, 11) is 3.53. The lowest BCUT2D eigenvalue weighted by atomic mass is 10.1. The van der Waals surface area contributed by atoms with Crippen LogP contribution in [-0.2, 0) is 12.8 Å². The zero-order chi connectivity index (χ0) is 22.1. The van der Waals surface area contributed by atoms with E-state index in [1.807, 2.05) is 53.1 Å². The number of rotatable bonds is 9. The maximum Gasteiger partial charge on any atom is 0.253 e. The number of carbonyl (C=O) groups excluding carboxylic acids is 1. The number of amides is 1. The predicted molar refractivity (Wildman–Crippen MR) is 139 cm³/mol. The van der Waals surface area contributed by atoms with E-state index >= 15 is 0 Å². The standard InChI is InChI=1S/C23H31N7O.HI/c1-4-24-23(25-14-8-12-21-28-27-20-11-5-6-16-30(20)21)26-15-13-18-9-7-10-19(17-18)22(31)29(2)3;/h5-7,9-11,16-17H,4,8,12-15H2,1-3H3,(H2,24,25,26);1H. The molecule has 1 aromatic carbocycles. The Morgan fingerprint density at radius 3 is 2.72 bits per heavy atom. The second-order valence-corrected chi connectivity index (χ2v) is 7.49. The Balaban J connectivity index is 0.00000363. The quantitative estimate of drug-likeness (QED) is 0.186. The fourth-order valence-corrected chi connectivity index (χ4v) is 3.27. The summed E-state index contributed by atoms with van der Waals surface area (Å²) in [6.45, 7) is 4.29. The van der Waals surface area contributed by atoms with Crippen LogP contribution in [0.3, 0.4) is 0 Å². The normalized spacial score (nSPS) is 11.2. The smallest absolute Gasteiger partial charge is 0.253 e. The maximum absolute atomic E-state index is 12.1. The third-order valence-electron chi connectivity index (χ3n) is 4.84. The van der Waals surface area contributed by atoms with Crippen molar-refractivity contribution >= 4 is 41.5 Å². The van der Waals surface area contributed by atoms with E-state index in [0.29, 0.717) is 12.1 Å². The average molecular weight is 549 g/mol. The first-order valence-electron chi connectivity index (χ1n) is 10.7. The van der Waals surface area contributed by atoms with E-state index in [4.69, 9.17) is 0 Å². The van der Waals surface area contributed by atoms with Gasteiger partial charge in [0.05, 0.1) is 0 Å². The molecule has 0 aliphatic rings. The molecule has 3 aromatic rings. The average Bonchev–Trinajstić information content (AvgIpc) is 3.19. The molecule has 0 aliphatic heterocycles. The Morgan fingerprint density at radius 2 is 1.94 bits per heavy atom. The minimum absolute atomic E-state index is 0. The third-order valence-corrected chi connectivity index (χ3v) is 4.84. The van der Waals surface area contributed by atoms with Crippen LogP contribution in [0.25, 0.3) is 5.65 Å². The zero-order valence-corrected chi connectivity index (χ0v) is 21.2. The van der Waals surface area contributed by atoms with Crippen molar-refractivity contribution < 1.29 is 4.79 Å². The summed E-state index contributed by atoms with van der Waals surface area (Å²) in [5.74, 6) is 1.77. The largest absolute Gasteiger partial charge is 0.357 e. The summed E-state index contributed by atoms with van der Waals surface area (Å²) in [4.78, 5) is 18.4. The maximum atomic E-state index is 12.1. The molecule has 2 aromatic heterocycles. The molecule has 0 saturated heterocycles. The highest BCUT2D eigenvalue weighted by molar-refractivity contribution is 14.0. The first-order valence-corrected chi connectivity index (χ1v) is 10.7. The Hall–Kier alpha value is -2.69. The summed E-state index contributed by atoms with van der Waals surface area (Å²) >= 11 is 0. The van der Waals surface area contributed by atoms with Gasteiger partial charge in [0.25, 0.3) is 5.91 Å². The monoisotopic (exact) mass is 549 g/mol. The summed E-state index contributed by atoms with van der Waals surface area (Å²) in [5.41, 5.74) is 2.70. The molecule has 0 atom stereocenters. The SMILES string of the molecule is CCNC(=NCCCc1nnc2ccccn12)NCCc1cccc(C(=O)N(C)C)c1.I. The Labute approximate surface area is 206 Å². The predicted octanol–water partition coefficient (Wildman–Crippen LogP) is 2.78. The molecule has 172 valence electrons. The van der Waals surface area contributed by atoms with Crippen LogP contribution in [0.4, 0.5) is 0 Å². The number of nitrogens with zero attached hydrogens (tertiary/aromatic N) is 5. The first kappa shape index (κ1) is 25.6. The van der Waals surface area contributed by atoms with Gasteiger partial charge in [0.1, 0.15) is 5.82 Å². The number of hydrogen-bond donors (Lipinski definition) is 2. The molecule has 0 aliphatic carbocycles. The minimum Gasteiger partial charge on any atom is -0.357 e. The number of benzene rings is 1. The van der Waals surface area contributed by atoms with Crippen molar-refractivity contribution in [2.24, 2.45) is 4.99 Å². The van der Waals surface area contributed by atoms with Crippen LogP contribution in [0.15, 0.2) is 53.7 Å². The van der Waals surface area contributed by atoms with Gasteiger partial charge in [-0.15, -0.1) is 34.2 Å². The van der Waals surface area contributed by atoms with Gasteiger partial charge in [-0.25, -0.2) is 0 Å². The highest BCUT2D eigenvalue weighted by atomic mass is 127. The van der Waals surface area contributed by atoms with Crippen LogP contribution >= 0.6 is 24.0 Å². The second-order valence-electron chi connectivity index (χ2n) is 7.49. The van der Waals surface area contributed by atoms with E-state index in [1.165, 1.54) is 0 Å². The van der Waals surface area contributed by atoms with E-state index in [9.17, 15) is 4.79 Å². The molecule has 9 heteroatoms. The number of aromatic nitrogens is 3. The Morgan fingerprint density at radius 1 is 1.09 bits per heavy atom. The zero-order valence-electron chi connectivity index (χ0n) is 18.9. The summed E-state index contributed by atoms with van der Waals surface area (Å²) < 4.78 is 2.02. The summed E-state index contributed by atoms with van der Waals surface area (Å²) in [6.07, 6.45) is 4.51. The second kappa shape index (κ2) is 13.0. The Bertz CT molecular complexity index is 1030. The van der Waals surface area contributed by atoms with Crippen LogP contribution in [-0.4, -0.2) is 65.1 Å². The van der Waals surface area contributed by atoms with Crippen LogP contribution in [0.1, 0.15) is 35.1 Å². The number of halogens is 1. The molecule has 32 heavy (non-hydrogen) atoms. The minimum atomic E-state index is 0.